The molecule has 0 aliphatic heterocycles. The van der Waals surface area contributed by atoms with Gasteiger partial charge in [-0.1, -0.05) is 33.6 Å². The lowest BCUT2D eigenvalue weighted by Gasteiger charge is -2.04. The molecule has 0 aliphatic rings. The van der Waals surface area contributed by atoms with Crippen LogP contribution in [0.15, 0.2) is 28.9 Å². The summed E-state index contributed by atoms with van der Waals surface area (Å²) in [5, 5.41) is 4.97. The Balaban J connectivity index is 2.45. The highest BCUT2D eigenvalue weighted by molar-refractivity contribution is 9.10. The maximum Gasteiger partial charge on any atom is 0.0819 e. The second-order valence-corrected chi connectivity index (χ2v) is 4.95. The third kappa shape index (κ3) is 2.26. The lowest BCUT2D eigenvalue weighted by molar-refractivity contribution is 0.861. The van der Waals surface area contributed by atoms with Crippen molar-refractivity contribution in [1.29, 1.82) is 0 Å². The van der Waals surface area contributed by atoms with E-state index >= 15 is 0 Å². The van der Waals surface area contributed by atoms with Crippen LogP contribution in [0.3, 0.4) is 0 Å². The molecule has 0 aliphatic carbocycles. The van der Waals surface area contributed by atoms with Gasteiger partial charge in [0.25, 0.3) is 0 Å². The monoisotopic (exact) mass is 318 g/mol. The van der Waals surface area contributed by atoms with Crippen molar-refractivity contribution in [3.8, 4) is 5.69 Å². The van der Waals surface area contributed by atoms with Gasteiger partial charge in [-0.25, -0.2) is 4.68 Å². The zero-order valence-corrected chi connectivity index (χ0v) is 11.6. The van der Waals surface area contributed by atoms with Crippen LogP contribution in [-0.4, -0.2) is 9.78 Å². The number of nitrogens with zero attached hydrogens (tertiary/aromatic N) is 2. The van der Waals surface area contributed by atoms with Gasteiger partial charge in [0.2, 0.25) is 0 Å². The second kappa shape index (κ2) is 4.78. The fourth-order valence-electron chi connectivity index (χ4n) is 1.36. The SMILES string of the molecule is Cc1nn(-c2ccc(CCl)c(Br)c2)cc1Cl. The van der Waals surface area contributed by atoms with E-state index in [-0.39, 0.29) is 0 Å². The summed E-state index contributed by atoms with van der Waals surface area (Å²) < 4.78 is 2.73. The normalized spacial score (nSPS) is 10.8. The third-order valence-corrected chi connectivity index (χ3v) is 3.68. The van der Waals surface area contributed by atoms with Crippen molar-refractivity contribution in [2.24, 2.45) is 0 Å². The van der Waals surface area contributed by atoms with Crippen LogP contribution >= 0.6 is 39.1 Å². The van der Waals surface area contributed by atoms with Gasteiger partial charge >= 0.3 is 0 Å². The van der Waals surface area contributed by atoms with E-state index in [9.17, 15) is 0 Å². The van der Waals surface area contributed by atoms with E-state index in [0.29, 0.717) is 10.9 Å². The van der Waals surface area contributed by atoms with E-state index in [1.54, 1.807) is 10.9 Å². The summed E-state index contributed by atoms with van der Waals surface area (Å²) in [6, 6.07) is 5.91. The van der Waals surface area contributed by atoms with Crippen LogP contribution in [0.5, 0.6) is 0 Å². The number of halogens is 3. The number of aryl methyl sites for hydroxylation is 1. The average Bonchev–Trinajstić information content (AvgIpc) is 2.59. The number of rotatable bonds is 2. The molecule has 0 amide bonds. The predicted octanol–water partition coefficient (Wildman–Crippen LogP) is 4.34. The molecule has 0 fully saturated rings. The number of hydrogen-bond acceptors (Lipinski definition) is 1. The van der Waals surface area contributed by atoms with E-state index in [1.807, 2.05) is 25.1 Å². The Hall–Kier alpha value is -0.510. The Morgan fingerprint density at radius 2 is 2.19 bits per heavy atom. The zero-order chi connectivity index (χ0) is 11.7. The minimum absolute atomic E-state index is 0.486. The van der Waals surface area contributed by atoms with Gasteiger partial charge < -0.3 is 0 Å². The van der Waals surface area contributed by atoms with Crippen LogP contribution in [-0.2, 0) is 5.88 Å². The van der Waals surface area contributed by atoms with Crippen molar-refractivity contribution in [3.63, 3.8) is 0 Å². The first kappa shape index (κ1) is 12.0. The van der Waals surface area contributed by atoms with E-state index in [0.717, 1.165) is 21.4 Å². The lowest BCUT2D eigenvalue weighted by Crippen LogP contribution is -1.95. The van der Waals surface area contributed by atoms with Gasteiger partial charge in [0.1, 0.15) is 0 Å². The summed E-state index contributed by atoms with van der Waals surface area (Å²) in [7, 11) is 0. The van der Waals surface area contributed by atoms with Gasteiger partial charge in [-0.3, -0.25) is 0 Å². The number of benzene rings is 1. The standard InChI is InChI=1S/C11H9BrCl2N2/c1-7-11(14)6-16(15-7)9-3-2-8(5-13)10(12)4-9/h2-4,6H,5H2,1H3. The van der Waals surface area contributed by atoms with Crippen LogP contribution < -0.4 is 0 Å². The third-order valence-electron chi connectivity index (χ3n) is 2.28. The second-order valence-electron chi connectivity index (χ2n) is 3.42. The molecule has 0 bridgehead atoms. The molecule has 1 aromatic heterocycles. The molecule has 2 rings (SSSR count). The maximum atomic E-state index is 5.96. The van der Waals surface area contributed by atoms with Gasteiger partial charge in [-0.15, -0.1) is 11.6 Å². The molecular weight excluding hydrogens is 311 g/mol. The van der Waals surface area contributed by atoms with Crippen LogP contribution in [0.25, 0.3) is 5.69 Å². The highest BCUT2D eigenvalue weighted by atomic mass is 79.9. The average molecular weight is 320 g/mol. The van der Waals surface area contributed by atoms with Crippen molar-refractivity contribution in [2.45, 2.75) is 12.8 Å². The lowest BCUT2D eigenvalue weighted by atomic mass is 10.2. The molecule has 0 saturated carbocycles. The molecule has 16 heavy (non-hydrogen) atoms. The van der Waals surface area contributed by atoms with E-state index < -0.39 is 0 Å². The van der Waals surface area contributed by atoms with Crippen molar-refractivity contribution in [2.75, 3.05) is 0 Å². The summed E-state index contributed by atoms with van der Waals surface area (Å²) in [6.07, 6.45) is 1.79. The summed E-state index contributed by atoms with van der Waals surface area (Å²) >= 11 is 15.2. The summed E-state index contributed by atoms with van der Waals surface area (Å²) in [4.78, 5) is 0. The Bertz CT molecular complexity index is 503. The van der Waals surface area contributed by atoms with Crippen molar-refractivity contribution in [1.82, 2.24) is 9.78 Å². The smallest absolute Gasteiger partial charge is 0.0819 e. The first-order chi connectivity index (χ1) is 7.61. The minimum atomic E-state index is 0.486. The number of alkyl halides is 1. The van der Waals surface area contributed by atoms with Crippen LogP contribution in [0.4, 0.5) is 0 Å². The Morgan fingerprint density at radius 1 is 1.44 bits per heavy atom. The Morgan fingerprint density at radius 3 is 2.69 bits per heavy atom. The highest BCUT2D eigenvalue weighted by Gasteiger charge is 2.06. The minimum Gasteiger partial charge on any atom is -0.239 e. The maximum absolute atomic E-state index is 5.96. The molecule has 84 valence electrons. The fraction of sp³-hybridized carbons (Fsp3) is 0.182. The van der Waals surface area contributed by atoms with Crippen molar-refractivity contribution in [3.05, 3.63) is 45.1 Å². The quantitative estimate of drug-likeness (QED) is 0.753. The summed E-state index contributed by atoms with van der Waals surface area (Å²) in [5.74, 6) is 0.486. The topological polar surface area (TPSA) is 17.8 Å². The van der Waals surface area contributed by atoms with E-state index in [2.05, 4.69) is 21.0 Å². The molecule has 5 heteroatoms. The first-order valence-electron chi connectivity index (χ1n) is 4.68. The van der Waals surface area contributed by atoms with Crippen molar-refractivity contribution >= 4 is 39.1 Å². The molecule has 0 N–H and O–H groups in total. The Kier molecular flexibility index (Phi) is 3.57. The number of aromatic nitrogens is 2. The van der Waals surface area contributed by atoms with Crippen molar-refractivity contribution < 1.29 is 0 Å². The molecule has 0 radical (unpaired) electrons. The zero-order valence-electron chi connectivity index (χ0n) is 8.54. The Labute approximate surface area is 112 Å². The first-order valence-corrected chi connectivity index (χ1v) is 6.39. The van der Waals surface area contributed by atoms with Gasteiger partial charge in [0, 0.05) is 16.5 Å². The number of hydrogen-bond donors (Lipinski definition) is 0. The van der Waals surface area contributed by atoms with E-state index in [1.165, 1.54) is 0 Å². The largest absolute Gasteiger partial charge is 0.239 e. The van der Waals surface area contributed by atoms with E-state index in [4.69, 9.17) is 23.2 Å². The van der Waals surface area contributed by atoms with Crippen LogP contribution in [0.2, 0.25) is 5.02 Å². The molecule has 0 spiro atoms. The summed E-state index contributed by atoms with van der Waals surface area (Å²) in [6.45, 7) is 1.88. The molecule has 0 atom stereocenters. The van der Waals surface area contributed by atoms with Crippen LogP contribution in [0.1, 0.15) is 11.3 Å². The van der Waals surface area contributed by atoms with Crippen LogP contribution in [0, 0.1) is 6.92 Å². The van der Waals surface area contributed by atoms with Gasteiger partial charge in [-0.05, 0) is 24.6 Å². The highest BCUT2D eigenvalue weighted by Crippen LogP contribution is 2.23. The molecule has 1 heterocycles. The molecule has 1 aromatic carbocycles. The molecule has 0 unspecified atom stereocenters. The van der Waals surface area contributed by atoms with Gasteiger partial charge in [-0.2, -0.15) is 5.10 Å². The fourth-order valence-corrected chi connectivity index (χ4v) is 2.39. The summed E-state index contributed by atoms with van der Waals surface area (Å²) in [5.41, 5.74) is 2.83. The molecular formula is C11H9BrCl2N2. The molecule has 2 nitrogen and oxygen atoms in total. The molecule has 2 aromatic rings. The molecule has 0 saturated heterocycles. The van der Waals surface area contributed by atoms with Gasteiger partial charge in [0.05, 0.1) is 16.4 Å². The van der Waals surface area contributed by atoms with Gasteiger partial charge in [0.15, 0.2) is 0 Å². The predicted molar refractivity (Wildman–Crippen MR) is 70.6 cm³/mol.